The van der Waals surface area contributed by atoms with Crippen LogP contribution in [0.25, 0.3) is 0 Å². The Hall–Kier alpha value is -2.37. The van der Waals surface area contributed by atoms with Crippen LogP contribution in [0.4, 0.5) is 5.69 Å². The van der Waals surface area contributed by atoms with Crippen molar-refractivity contribution in [3.05, 3.63) is 29.8 Å². The molecule has 3 rings (SSSR count). The van der Waals surface area contributed by atoms with E-state index in [9.17, 15) is 14.4 Å². The summed E-state index contributed by atoms with van der Waals surface area (Å²) in [5.41, 5.74) is 0.808. The second kappa shape index (κ2) is 9.22. The number of para-hydroxylation sites is 1. The minimum absolute atomic E-state index is 0.238. The Morgan fingerprint density at radius 2 is 1.93 bits per heavy atom. The van der Waals surface area contributed by atoms with Crippen molar-refractivity contribution >= 4 is 23.5 Å². The lowest BCUT2D eigenvalue weighted by molar-refractivity contribution is -0.148. The van der Waals surface area contributed by atoms with Gasteiger partial charge in [-0.05, 0) is 55.1 Å². The molecule has 3 atom stereocenters. The normalized spacial score (nSPS) is 22.9. The Kier molecular flexibility index (Phi) is 6.70. The maximum Gasteiger partial charge on any atom is 0.306 e. The van der Waals surface area contributed by atoms with E-state index in [-0.39, 0.29) is 18.5 Å². The Morgan fingerprint density at radius 1 is 1.14 bits per heavy atom. The molecule has 2 fully saturated rings. The minimum atomic E-state index is -0.439. The summed E-state index contributed by atoms with van der Waals surface area (Å²) in [7, 11) is 0. The molecular formula is C22H30N2O4. The molecule has 0 unspecified atom stereocenters. The van der Waals surface area contributed by atoms with Crippen molar-refractivity contribution in [1.82, 2.24) is 5.32 Å². The molecule has 2 aliphatic carbocycles. The molecule has 0 aliphatic heterocycles. The van der Waals surface area contributed by atoms with Crippen LogP contribution in [0.5, 0.6) is 0 Å². The molecular weight excluding hydrogens is 356 g/mol. The molecule has 0 radical (unpaired) electrons. The van der Waals surface area contributed by atoms with Crippen molar-refractivity contribution in [2.75, 3.05) is 18.5 Å². The average Bonchev–Trinajstić information content (AvgIpc) is 3.28. The predicted octanol–water partition coefficient (Wildman–Crippen LogP) is 3.38. The van der Waals surface area contributed by atoms with Crippen LogP contribution < -0.4 is 10.6 Å². The fourth-order valence-corrected chi connectivity index (χ4v) is 4.41. The number of nitrogens with one attached hydrogen (secondary N) is 2. The van der Waals surface area contributed by atoms with Gasteiger partial charge < -0.3 is 15.4 Å². The van der Waals surface area contributed by atoms with E-state index in [0.717, 1.165) is 12.3 Å². The van der Waals surface area contributed by atoms with E-state index in [0.29, 0.717) is 42.0 Å². The molecule has 6 nitrogen and oxygen atoms in total. The molecule has 0 spiro atoms. The van der Waals surface area contributed by atoms with Gasteiger partial charge in [0, 0.05) is 13.0 Å². The van der Waals surface area contributed by atoms with Crippen LogP contribution in [0.1, 0.15) is 56.3 Å². The third-order valence-corrected chi connectivity index (χ3v) is 5.79. The number of carbonyl (C=O) groups excluding carboxylic acids is 3. The van der Waals surface area contributed by atoms with Crippen LogP contribution in [0.15, 0.2) is 24.3 Å². The van der Waals surface area contributed by atoms with Gasteiger partial charge in [-0.25, -0.2) is 0 Å². The highest BCUT2D eigenvalue weighted by Crippen LogP contribution is 2.49. The largest absolute Gasteiger partial charge is 0.456 e. The molecule has 0 heterocycles. The Bertz CT molecular complexity index is 731. The van der Waals surface area contributed by atoms with Crippen molar-refractivity contribution in [2.24, 2.45) is 23.7 Å². The summed E-state index contributed by atoms with van der Waals surface area (Å²) >= 11 is 0. The number of esters is 1. The van der Waals surface area contributed by atoms with Crippen molar-refractivity contribution < 1.29 is 19.1 Å². The average molecular weight is 386 g/mol. The first-order chi connectivity index (χ1) is 13.4. The standard InChI is InChI=1S/C22H30N2O4/c1-14(2)12-23-22(27)18-5-3-4-6-19(18)24-20(25)13-28-21(26)11-17-10-15-7-8-16(17)9-15/h3-6,14-17H,7-13H2,1-2H3,(H,23,27)(H,24,25)/t15-,16+,17+/m0/s1. The lowest BCUT2D eigenvalue weighted by Crippen LogP contribution is -2.29. The molecule has 1 aromatic rings. The molecule has 0 aromatic heterocycles. The van der Waals surface area contributed by atoms with Crippen LogP contribution in [0.3, 0.4) is 0 Å². The van der Waals surface area contributed by atoms with Crippen LogP contribution in [-0.2, 0) is 14.3 Å². The van der Waals surface area contributed by atoms with Crippen molar-refractivity contribution in [1.29, 1.82) is 0 Å². The van der Waals surface area contributed by atoms with E-state index < -0.39 is 5.91 Å². The number of ether oxygens (including phenoxy) is 1. The fraction of sp³-hybridized carbons (Fsp3) is 0.591. The quantitative estimate of drug-likeness (QED) is 0.671. The van der Waals surface area contributed by atoms with Gasteiger partial charge in [0.15, 0.2) is 6.61 Å². The van der Waals surface area contributed by atoms with Gasteiger partial charge in [-0.15, -0.1) is 0 Å². The number of amides is 2. The molecule has 0 saturated heterocycles. The number of fused-ring (bicyclic) bond motifs is 2. The van der Waals surface area contributed by atoms with E-state index in [4.69, 9.17) is 4.74 Å². The number of benzene rings is 1. The van der Waals surface area contributed by atoms with Crippen molar-refractivity contribution in [3.8, 4) is 0 Å². The summed E-state index contributed by atoms with van der Waals surface area (Å²) in [6.45, 7) is 4.25. The first-order valence-corrected chi connectivity index (χ1v) is 10.2. The molecule has 2 amide bonds. The number of anilines is 1. The SMILES string of the molecule is CC(C)CNC(=O)c1ccccc1NC(=O)COC(=O)C[C@H]1C[C@H]2CC[C@@H]1C2. The molecule has 1 aromatic carbocycles. The second-order valence-corrected chi connectivity index (χ2v) is 8.50. The van der Waals surface area contributed by atoms with Gasteiger partial charge in [0.25, 0.3) is 11.8 Å². The maximum absolute atomic E-state index is 12.3. The van der Waals surface area contributed by atoms with E-state index in [1.54, 1.807) is 24.3 Å². The summed E-state index contributed by atoms with van der Waals surface area (Å²) < 4.78 is 5.17. The monoisotopic (exact) mass is 386 g/mol. The van der Waals surface area contributed by atoms with E-state index in [1.165, 1.54) is 19.3 Å². The zero-order valence-electron chi connectivity index (χ0n) is 16.7. The van der Waals surface area contributed by atoms with Crippen LogP contribution in [0.2, 0.25) is 0 Å². The minimum Gasteiger partial charge on any atom is -0.456 e. The van der Waals surface area contributed by atoms with Crippen LogP contribution >= 0.6 is 0 Å². The topological polar surface area (TPSA) is 84.5 Å². The summed E-state index contributed by atoms with van der Waals surface area (Å²) in [6.07, 6.45) is 5.28. The first kappa shape index (κ1) is 20.4. The van der Waals surface area contributed by atoms with Crippen LogP contribution in [0, 0.1) is 23.7 Å². The molecule has 2 N–H and O–H groups in total. The van der Waals surface area contributed by atoms with Gasteiger partial charge in [0.05, 0.1) is 11.3 Å². The lowest BCUT2D eigenvalue weighted by atomic mass is 9.86. The first-order valence-electron chi connectivity index (χ1n) is 10.2. The molecule has 6 heteroatoms. The van der Waals surface area contributed by atoms with Gasteiger partial charge >= 0.3 is 5.97 Å². The highest BCUT2D eigenvalue weighted by molar-refractivity contribution is 6.04. The van der Waals surface area contributed by atoms with Gasteiger partial charge in [0.1, 0.15) is 0 Å². The predicted molar refractivity (Wildman–Crippen MR) is 107 cm³/mol. The van der Waals surface area contributed by atoms with Gasteiger partial charge in [-0.1, -0.05) is 32.4 Å². The summed E-state index contributed by atoms with van der Waals surface area (Å²) in [5.74, 6) is 1.20. The molecule has 2 bridgehead atoms. The summed E-state index contributed by atoms with van der Waals surface area (Å²) in [4.78, 5) is 36.6. The Morgan fingerprint density at radius 3 is 2.61 bits per heavy atom. The van der Waals surface area contributed by atoms with Crippen LogP contribution in [-0.4, -0.2) is 30.9 Å². The van der Waals surface area contributed by atoms with Gasteiger partial charge in [-0.2, -0.15) is 0 Å². The highest BCUT2D eigenvalue weighted by Gasteiger charge is 2.40. The number of carbonyl (C=O) groups is 3. The summed E-state index contributed by atoms with van der Waals surface area (Å²) in [5, 5.41) is 5.52. The highest BCUT2D eigenvalue weighted by atomic mass is 16.5. The van der Waals surface area contributed by atoms with E-state index in [1.807, 2.05) is 13.8 Å². The number of rotatable bonds is 8. The molecule has 152 valence electrons. The second-order valence-electron chi connectivity index (χ2n) is 8.50. The number of hydrogen-bond donors (Lipinski definition) is 2. The zero-order chi connectivity index (χ0) is 20.1. The van der Waals surface area contributed by atoms with Gasteiger partial charge in [-0.3, -0.25) is 14.4 Å². The van der Waals surface area contributed by atoms with Gasteiger partial charge in [0.2, 0.25) is 0 Å². The van der Waals surface area contributed by atoms with Crippen molar-refractivity contribution in [2.45, 2.75) is 46.0 Å². The molecule has 2 aliphatic rings. The summed E-state index contributed by atoms with van der Waals surface area (Å²) in [6, 6.07) is 6.82. The smallest absolute Gasteiger partial charge is 0.306 e. The zero-order valence-corrected chi connectivity index (χ0v) is 16.7. The van der Waals surface area contributed by atoms with E-state index in [2.05, 4.69) is 10.6 Å². The van der Waals surface area contributed by atoms with Crippen molar-refractivity contribution in [3.63, 3.8) is 0 Å². The maximum atomic E-state index is 12.3. The Labute approximate surface area is 166 Å². The number of hydrogen-bond acceptors (Lipinski definition) is 4. The fourth-order valence-electron chi connectivity index (χ4n) is 4.41. The molecule has 2 saturated carbocycles. The Balaban J connectivity index is 1.46. The van der Waals surface area contributed by atoms with E-state index >= 15 is 0 Å². The third kappa shape index (κ3) is 5.33. The molecule has 28 heavy (non-hydrogen) atoms. The lowest BCUT2D eigenvalue weighted by Gasteiger charge is -2.20. The third-order valence-electron chi connectivity index (χ3n) is 5.79.